The number of carbonyl (C=O) groups excluding carboxylic acids is 1. The van der Waals surface area contributed by atoms with E-state index in [1.165, 1.54) is 29.1 Å². The number of hydrogen-bond acceptors (Lipinski definition) is 8. The molecule has 3 heterocycles. The summed E-state index contributed by atoms with van der Waals surface area (Å²) in [5.74, 6) is 5.98. The Hall–Kier alpha value is -3.28. The van der Waals surface area contributed by atoms with Crippen molar-refractivity contribution in [2.24, 2.45) is 0 Å². The van der Waals surface area contributed by atoms with Crippen molar-refractivity contribution in [3.05, 3.63) is 36.6 Å². The number of thioether (sulfide) groups is 1. The van der Waals surface area contributed by atoms with Crippen LogP contribution in [0.1, 0.15) is 0 Å². The zero-order chi connectivity index (χ0) is 19.0. The van der Waals surface area contributed by atoms with Crippen LogP contribution < -0.4 is 20.6 Å². The number of nitrogens with zero attached hydrogens (tertiary/aromatic N) is 3. The van der Waals surface area contributed by atoms with Gasteiger partial charge in [-0.15, -0.1) is 19.0 Å². The van der Waals surface area contributed by atoms with Gasteiger partial charge in [0.1, 0.15) is 0 Å². The van der Waals surface area contributed by atoms with E-state index in [-0.39, 0.29) is 22.9 Å². The summed E-state index contributed by atoms with van der Waals surface area (Å²) >= 11 is 1.05. The van der Waals surface area contributed by atoms with Gasteiger partial charge in [-0.25, -0.2) is 4.68 Å². The monoisotopic (exact) mass is 395 g/mol. The van der Waals surface area contributed by atoms with Crippen LogP contribution in [0.25, 0.3) is 11.6 Å². The van der Waals surface area contributed by atoms with E-state index in [0.717, 1.165) is 11.8 Å². The molecule has 2 aromatic heterocycles. The molecule has 0 bridgehead atoms. The van der Waals surface area contributed by atoms with Crippen LogP contribution in [0.5, 0.6) is 11.5 Å². The van der Waals surface area contributed by atoms with Gasteiger partial charge in [0.15, 0.2) is 17.3 Å². The van der Waals surface area contributed by atoms with Gasteiger partial charge < -0.3 is 25.1 Å². The highest BCUT2D eigenvalue weighted by molar-refractivity contribution is 7.99. The van der Waals surface area contributed by atoms with Gasteiger partial charge in [0.2, 0.25) is 16.9 Å². The molecule has 1 aromatic carbocycles. The molecule has 3 aromatic rings. The first kappa shape index (κ1) is 17.1. The highest BCUT2D eigenvalue weighted by Crippen LogP contribution is 2.42. The van der Waals surface area contributed by atoms with Gasteiger partial charge in [0.05, 0.1) is 12.0 Å². The number of aromatic nitrogens is 3. The molecule has 27 heavy (non-hydrogen) atoms. The zero-order valence-electron chi connectivity index (χ0n) is 13.4. The number of amides is 1. The van der Waals surface area contributed by atoms with Crippen molar-refractivity contribution < 1.29 is 27.5 Å². The van der Waals surface area contributed by atoms with Crippen molar-refractivity contribution in [1.82, 2.24) is 14.9 Å². The van der Waals surface area contributed by atoms with E-state index in [9.17, 15) is 13.6 Å². The number of halogens is 2. The van der Waals surface area contributed by atoms with Gasteiger partial charge >= 0.3 is 6.29 Å². The highest BCUT2D eigenvalue weighted by atomic mass is 32.2. The lowest BCUT2D eigenvalue weighted by molar-refractivity contribution is -0.286. The van der Waals surface area contributed by atoms with Crippen molar-refractivity contribution in [3.63, 3.8) is 0 Å². The summed E-state index contributed by atoms with van der Waals surface area (Å²) in [6.45, 7) is 0. The van der Waals surface area contributed by atoms with E-state index < -0.39 is 12.2 Å². The third-order valence-corrected chi connectivity index (χ3v) is 4.37. The molecule has 4 rings (SSSR count). The first-order valence-electron chi connectivity index (χ1n) is 7.48. The largest absolute Gasteiger partial charge is 0.586 e. The van der Waals surface area contributed by atoms with Crippen molar-refractivity contribution >= 4 is 23.4 Å². The summed E-state index contributed by atoms with van der Waals surface area (Å²) in [6, 6.07) is 7.32. The average Bonchev–Trinajstić information content (AvgIpc) is 3.30. The molecule has 0 unspecified atom stereocenters. The Labute approximate surface area is 154 Å². The van der Waals surface area contributed by atoms with Crippen molar-refractivity contribution in [3.8, 4) is 23.1 Å². The SMILES string of the molecule is Nn1c(SCC(=O)Nc2ccc3c(c2)OC(F)(F)O3)nnc1-c1ccco1. The van der Waals surface area contributed by atoms with E-state index in [4.69, 9.17) is 10.3 Å². The second kappa shape index (κ2) is 6.46. The third kappa shape index (κ3) is 3.51. The molecule has 1 aliphatic rings. The Morgan fingerprint density at radius 1 is 1.26 bits per heavy atom. The number of nitrogen functional groups attached to an aromatic ring is 1. The van der Waals surface area contributed by atoms with Crippen LogP contribution >= 0.6 is 11.8 Å². The maximum atomic E-state index is 13.0. The Morgan fingerprint density at radius 3 is 2.85 bits per heavy atom. The minimum Gasteiger partial charge on any atom is -0.461 e. The second-order valence-corrected chi connectivity index (χ2v) is 6.26. The summed E-state index contributed by atoms with van der Waals surface area (Å²) in [6.07, 6.45) is -2.23. The number of ether oxygens (including phenoxy) is 2. The maximum absolute atomic E-state index is 13.0. The molecule has 1 aliphatic heterocycles. The summed E-state index contributed by atoms with van der Waals surface area (Å²) in [7, 11) is 0. The lowest BCUT2D eigenvalue weighted by Crippen LogP contribution is -2.25. The fourth-order valence-electron chi connectivity index (χ4n) is 2.30. The number of anilines is 1. The molecule has 0 radical (unpaired) electrons. The van der Waals surface area contributed by atoms with Gasteiger partial charge in [-0.05, 0) is 24.3 Å². The van der Waals surface area contributed by atoms with Crippen LogP contribution in [-0.2, 0) is 4.79 Å². The van der Waals surface area contributed by atoms with E-state index in [1.807, 2.05) is 0 Å². The van der Waals surface area contributed by atoms with Gasteiger partial charge in [-0.3, -0.25) is 4.79 Å². The summed E-state index contributed by atoms with van der Waals surface area (Å²) in [4.78, 5) is 12.1. The number of hydrogen-bond donors (Lipinski definition) is 2. The average molecular weight is 395 g/mol. The zero-order valence-corrected chi connectivity index (χ0v) is 14.2. The lowest BCUT2D eigenvalue weighted by Gasteiger charge is -2.06. The highest BCUT2D eigenvalue weighted by Gasteiger charge is 2.43. The Bertz CT molecular complexity index is 992. The summed E-state index contributed by atoms with van der Waals surface area (Å²) < 4.78 is 41.1. The molecule has 3 N–H and O–H groups in total. The molecule has 0 spiro atoms. The Balaban J connectivity index is 1.37. The molecule has 9 nitrogen and oxygen atoms in total. The normalized spacial score (nSPS) is 14.3. The van der Waals surface area contributed by atoms with E-state index in [2.05, 4.69) is 25.0 Å². The number of fused-ring (bicyclic) bond motifs is 1. The molecule has 0 aliphatic carbocycles. The molecule has 1 amide bonds. The minimum atomic E-state index is -3.71. The molecule has 12 heteroatoms. The van der Waals surface area contributed by atoms with E-state index in [0.29, 0.717) is 16.7 Å². The van der Waals surface area contributed by atoms with E-state index >= 15 is 0 Å². The van der Waals surface area contributed by atoms with Crippen LogP contribution in [0.3, 0.4) is 0 Å². The molecule has 0 fully saturated rings. The first-order chi connectivity index (χ1) is 12.9. The number of benzene rings is 1. The second-order valence-electron chi connectivity index (χ2n) is 5.32. The van der Waals surface area contributed by atoms with Crippen molar-refractivity contribution in [1.29, 1.82) is 0 Å². The molecule has 0 saturated carbocycles. The predicted octanol–water partition coefficient (Wildman–Crippen LogP) is 2.30. The van der Waals surface area contributed by atoms with Gasteiger partial charge in [-0.2, -0.15) is 0 Å². The number of nitrogens with two attached hydrogens (primary N) is 1. The van der Waals surface area contributed by atoms with Crippen molar-refractivity contribution in [2.75, 3.05) is 16.9 Å². The number of nitrogens with one attached hydrogen (secondary N) is 1. The van der Waals surface area contributed by atoms with E-state index in [1.54, 1.807) is 12.1 Å². The quantitative estimate of drug-likeness (QED) is 0.499. The molecular weight excluding hydrogens is 384 g/mol. The predicted molar refractivity (Wildman–Crippen MR) is 89.9 cm³/mol. The van der Waals surface area contributed by atoms with Gasteiger partial charge in [-0.1, -0.05) is 11.8 Å². The molecule has 0 atom stereocenters. The third-order valence-electron chi connectivity index (χ3n) is 3.42. The Morgan fingerprint density at radius 2 is 2.07 bits per heavy atom. The smallest absolute Gasteiger partial charge is 0.461 e. The molecular formula is C15H11F2N5O4S. The van der Waals surface area contributed by atoms with Gasteiger partial charge in [0, 0.05) is 11.8 Å². The molecule has 0 saturated heterocycles. The minimum absolute atomic E-state index is 0.0297. The van der Waals surface area contributed by atoms with Crippen LogP contribution in [0, 0.1) is 0 Å². The maximum Gasteiger partial charge on any atom is 0.586 e. The number of furan rings is 1. The van der Waals surface area contributed by atoms with Crippen molar-refractivity contribution in [2.45, 2.75) is 11.5 Å². The topological polar surface area (TPSA) is 117 Å². The first-order valence-corrected chi connectivity index (χ1v) is 8.47. The van der Waals surface area contributed by atoms with Crippen LogP contribution in [0.4, 0.5) is 14.5 Å². The van der Waals surface area contributed by atoms with Crippen LogP contribution in [-0.4, -0.2) is 32.8 Å². The fourth-order valence-corrected chi connectivity index (χ4v) is 2.96. The summed E-state index contributed by atoms with van der Waals surface area (Å²) in [5, 5.41) is 10.7. The Kier molecular flexibility index (Phi) is 4.11. The fraction of sp³-hybridized carbons (Fsp3) is 0.133. The molecule has 140 valence electrons. The van der Waals surface area contributed by atoms with Gasteiger partial charge in [0.25, 0.3) is 0 Å². The van der Waals surface area contributed by atoms with Crippen LogP contribution in [0.15, 0.2) is 46.2 Å². The number of rotatable bonds is 5. The summed E-state index contributed by atoms with van der Waals surface area (Å²) in [5.41, 5.74) is 0.283. The van der Waals surface area contributed by atoms with Crippen LogP contribution in [0.2, 0.25) is 0 Å². The standard InChI is InChI=1S/C15H11F2N5O4S/c16-15(17)25-9-4-3-8(6-11(9)26-15)19-12(23)7-27-14-21-20-13(22(14)18)10-2-1-5-24-10/h1-6H,7,18H2,(H,19,23). The number of carbonyl (C=O) groups is 1. The number of alkyl halides is 2. The lowest BCUT2D eigenvalue weighted by atomic mass is 10.3.